The molecule has 0 aromatic rings. The van der Waals surface area contributed by atoms with Crippen LogP contribution >= 0.6 is 0 Å². The number of aliphatic carboxylic acids is 1. The number of hydrogen-bond donors (Lipinski definition) is 10. The van der Waals surface area contributed by atoms with E-state index in [4.69, 9.17) is 14.2 Å². The van der Waals surface area contributed by atoms with Crippen LogP contribution in [0, 0.1) is 227 Å². The topological polar surface area (TPSA) is 298 Å². The van der Waals surface area contributed by atoms with Gasteiger partial charge in [0.15, 0.2) is 0 Å². The molecular formula is C116H182AcO17. The van der Waals surface area contributed by atoms with E-state index in [1.165, 1.54) is 22.3 Å². The first-order valence-corrected chi connectivity index (χ1v) is 54.1. The van der Waals surface area contributed by atoms with Crippen LogP contribution in [0.5, 0.6) is 0 Å². The molecule has 44 atom stereocenters. The quantitative estimate of drug-likeness (QED) is 0.0355. The van der Waals surface area contributed by atoms with E-state index in [1.807, 2.05) is 13.8 Å². The van der Waals surface area contributed by atoms with Crippen molar-refractivity contribution < 1.29 is 129 Å². The van der Waals surface area contributed by atoms with E-state index >= 15 is 0 Å². The molecule has 3 heterocycles. The molecule has 0 aromatic heterocycles. The van der Waals surface area contributed by atoms with Gasteiger partial charge < -0.3 is 65.3 Å². The molecule has 19 rings (SSSR count). The summed E-state index contributed by atoms with van der Waals surface area (Å²) in [6.07, 6.45) is 33.8. The minimum absolute atomic E-state index is 0. The summed E-state index contributed by atoms with van der Waals surface area (Å²) in [6, 6.07) is 0. The molecule has 0 spiro atoms. The fraction of sp³-hybridized carbons (Fsp3) is 0.862. The van der Waals surface area contributed by atoms with Crippen LogP contribution in [0.2, 0.25) is 0 Å². The predicted octanol–water partition coefficient (Wildman–Crippen LogP) is 21.7. The van der Waals surface area contributed by atoms with Crippen molar-refractivity contribution >= 4 is 23.9 Å². The first-order chi connectivity index (χ1) is 62.1. The number of carbonyl (C=O) groups is 4. The molecule has 0 aromatic carbocycles. The predicted molar refractivity (Wildman–Crippen MR) is 521 cm³/mol. The summed E-state index contributed by atoms with van der Waals surface area (Å²) in [5.41, 5.74) is 8.08. The van der Waals surface area contributed by atoms with Gasteiger partial charge in [-0.15, -0.1) is 0 Å². The average molecular weight is 2080 g/mol. The van der Waals surface area contributed by atoms with E-state index in [-0.39, 0.29) is 253 Å². The van der Waals surface area contributed by atoms with Gasteiger partial charge >= 0.3 is 23.9 Å². The first kappa shape index (κ1) is 106. The molecule has 1 radical (unpaired) electrons. The van der Waals surface area contributed by atoms with E-state index in [0.717, 1.165) is 191 Å². The summed E-state index contributed by atoms with van der Waals surface area (Å²) in [5, 5.41) is 111. The number of aliphatic hydroxyl groups is 9. The molecule has 0 amide bonds. The molecule has 10 N–H and O–H groups in total. The second kappa shape index (κ2) is 37.8. The number of allylic oxidation sites excluding steroid dienone is 8. The van der Waals surface area contributed by atoms with Crippen LogP contribution in [0.4, 0.5) is 0 Å². The van der Waals surface area contributed by atoms with Gasteiger partial charge in [-0.2, -0.15) is 0 Å². The molecule has 31 unspecified atom stereocenters. The molecule has 18 fully saturated rings. The Morgan fingerprint density at radius 1 is 0.366 bits per heavy atom. The standard InChI is InChI=1S/C29H46O5.2C29H46O4.C29H44O4.Ac/c1-16(2)8-7-9-18(26(33)34)24-20-14-22(31)25-27(4)12-11-21(30)17(3)19(27)10-13-28(25,5)29(20,6)15-23(24)32;3*1-16(2)8-7-9-18-24-20-14-22(31)25-27(4)12-11-21(30)17(3)19(27)10-13-28(25,5)29(20,6)15-23(24)33-26(18)32;/h8,17,19-23,25,30-32H,7,9-15H2,1-6H3,(H,33,34);2*8,17-25,30-31H,7,9-15H2,1-6H3;8,17,19-23,25,30-31H,7,9-15H2,1-6H3;/b24-18-;;;;/t17?,19?,20?,21?,22?,23-,25?,27-,28?,29-;17?,18?,19?,20?,21?,22?,23-,24?,25?,27-,28?,29-;17?,18-,19?,20?,21?,22?,23-,24?,25?,27-,28?,29-;17?,19?,20?,21?,22?,23-,25?,27-,28?,29-;/m0000./s1. The van der Waals surface area contributed by atoms with Crippen LogP contribution in [-0.4, -0.2) is 148 Å². The van der Waals surface area contributed by atoms with Gasteiger partial charge in [0.2, 0.25) is 0 Å². The van der Waals surface area contributed by atoms with E-state index in [2.05, 4.69) is 177 Å². The van der Waals surface area contributed by atoms with Gasteiger partial charge in [-0.1, -0.05) is 157 Å². The number of carbonyl (C=O) groups excluding carboxylic acids is 3. The molecule has 19 aliphatic rings. The maximum absolute atomic E-state index is 12.9. The number of carboxylic acid groups (broad SMARTS) is 1. The van der Waals surface area contributed by atoms with Gasteiger partial charge in [-0.25, -0.2) is 9.59 Å². The van der Waals surface area contributed by atoms with Crippen LogP contribution in [0.1, 0.15) is 372 Å². The Morgan fingerprint density at radius 2 is 0.687 bits per heavy atom. The van der Waals surface area contributed by atoms with Crippen LogP contribution in [0.3, 0.4) is 0 Å². The van der Waals surface area contributed by atoms with Crippen molar-refractivity contribution in [2.45, 2.75) is 445 Å². The molecule has 17 nitrogen and oxygen atoms in total. The molecule has 16 saturated carbocycles. The Labute approximate surface area is 842 Å². The number of ether oxygens (including phenoxy) is 3. The maximum atomic E-state index is 12.9. The molecule has 0 bridgehead atoms. The molecule has 16 aliphatic carbocycles. The number of rotatable bonds is 13. The Hall–Kier alpha value is -2.60. The first-order valence-electron chi connectivity index (χ1n) is 54.1. The van der Waals surface area contributed by atoms with Gasteiger partial charge in [0, 0.05) is 67.0 Å². The van der Waals surface area contributed by atoms with E-state index in [0.29, 0.717) is 90.1 Å². The number of fused-ring (bicyclic) bond motifs is 26. The Kier molecular flexibility index (Phi) is 29.8. The molecular weight excluding hydrogens is 1890 g/mol. The summed E-state index contributed by atoms with van der Waals surface area (Å²) < 4.78 is 18.1. The summed E-state index contributed by atoms with van der Waals surface area (Å²) in [5.74, 6) is 3.89. The number of carboxylic acids is 1. The minimum Gasteiger partial charge on any atom is -0.478 e. The van der Waals surface area contributed by atoms with Crippen molar-refractivity contribution in [3.63, 3.8) is 0 Å². The van der Waals surface area contributed by atoms with Crippen molar-refractivity contribution in [3.05, 3.63) is 68.9 Å². The van der Waals surface area contributed by atoms with Crippen LogP contribution in [-0.2, 0) is 33.4 Å². The zero-order valence-corrected chi connectivity index (χ0v) is 92.1. The molecule has 134 heavy (non-hydrogen) atoms. The Balaban J connectivity index is 0.000000136. The third-order valence-corrected chi connectivity index (χ3v) is 46.8. The van der Waals surface area contributed by atoms with Gasteiger partial charge in [0.25, 0.3) is 0 Å². The summed E-state index contributed by atoms with van der Waals surface area (Å²) in [6.45, 7) is 54.4. The second-order valence-electron chi connectivity index (χ2n) is 53.3. The average Bonchev–Trinajstić information content (AvgIpc) is 1.46. The second-order valence-corrected chi connectivity index (χ2v) is 53.3. The van der Waals surface area contributed by atoms with E-state index in [1.54, 1.807) is 0 Å². The molecule has 2 saturated heterocycles. The SMILES string of the molecule is CC(C)=CCC/C(C(=O)O)=C1\C2CC(O)C3C(C)(CCC4C(C)C(O)CC[C@@]43C)[C@@]2(C)C[C@@H]1O.CC(C)=CCCC1=C2C3CC(O)C4C(C)(CCC5C(C)C(O)CC[C@@]54C)[C@@]3(C)C[C@@H]2OC1=O.CC(C)=CCCC1C(=O)O[C@H]2C[C@@]3(C)C(CC(O)C4C3(C)CCC3C(C)C(O)CC[C@@]34C)C12.CC(C)=CCC[C@@H]1C(=O)O[C@H]2C[C@@]3(C)C(CC(O)C4C3(C)CCC3C(C)C(O)CC[C@@]34C)C21.[Ac]. The smallest absolute Gasteiger partial charge is 0.334 e. The van der Waals surface area contributed by atoms with Gasteiger partial charge in [0.05, 0.1) is 66.8 Å². The summed E-state index contributed by atoms with van der Waals surface area (Å²) in [7, 11) is 0. The fourth-order valence-electron chi connectivity index (χ4n) is 40.0. The van der Waals surface area contributed by atoms with E-state index < -0.39 is 18.2 Å². The Bertz CT molecular complexity index is 4450. The normalized spacial score (nSPS) is 52.2. The van der Waals surface area contributed by atoms with Crippen LogP contribution in [0.25, 0.3) is 0 Å². The van der Waals surface area contributed by atoms with Crippen molar-refractivity contribution in [2.75, 3.05) is 0 Å². The maximum Gasteiger partial charge on any atom is 0.334 e. The third kappa shape index (κ3) is 16.3. The zero-order valence-electron chi connectivity index (χ0n) is 87.3. The summed E-state index contributed by atoms with van der Waals surface area (Å²) in [4.78, 5) is 50.9. The number of aliphatic hydroxyl groups excluding tert-OH is 9. The summed E-state index contributed by atoms with van der Waals surface area (Å²) >= 11 is 0. The van der Waals surface area contributed by atoms with Crippen LogP contribution in [0.15, 0.2) is 68.9 Å². The number of hydrogen-bond acceptors (Lipinski definition) is 16. The van der Waals surface area contributed by atoms with E-state index in [9.17, 15) is 70.2 Å². The fourth-order valence-corrected chi connectivity index (χ4v) is 40.0. The van der Waals surface area contributed by atoms with Gasteiger partial charge in [-0.05, 0) is 432 Å². The van der Waals surface area contributed by atoms with Crippen molar-refractivity contribution in [3.8, 4) is 0 Å². The monoisotopic (exact) mass is 2070 g/mol. The van der Waals surface area contributed by atoms with Crippen molar-refractivity contribution in [1.29, 1.82) is 0 Å². The van der Waals surface area contributed by atoms with Gasteiger partial charge in [-0.3, -0.25) is 9.59 Å². The largest absolute Gasteiger partial charge is 0.478 e. The molecule has 3 aliphatic heterocycles. The molecule has 18 heteroatoms. The van der Waals surface area contributed by atoms with Crippen molar-refractivity contribution in [2.24, 2.45) is 183 Å². The van der Waals surface area contributed by atoms with Crippen molar-refractivity contribution in [1.82, 2.24) is 0 Å². The van der Waals surface area contributed by atoms with Crippen LogP contribution < -0.4 is 0 Å². The third-order valence-electron chi connectivity index (χ3n) is 46.8. The number of esters is 3. The molecule has 751 valence electrons. The minimum atomic E-state index is -0.937. The zero-order chi connectivity index (χ0) is 97.0. The Morgan fingerprint density at radius 3 is 1.04 bits per heavy atom. The van der Waals surface area contributed by atoms with Gasteiger partial charge in [0.1, 0.15) is 18.3 Å².